The molecule has 3 nitrogen and oxygen atoms in total. The normalized spacial score (nSPS) is 10.6. The topological polar surface area (TPSA) is 52.3 Å². The Morgan fingerprint density at radius 1 is 0.643 bits per heavy atom. The van der Waals surface area contributed by atoms with Crippen molar-refractivity contribution in [3.8, 4) is 0 Å². The Bertz CT molecular complexity index is 307. The molecule has 0 radical (unpaired) electrons. The van der Waals surface area contributed by atoms with Crippen LogP contribution in [0, 0.1) is 0 Å². The number of carbonyl (C=O) groups excluding carboxylic acids is 1. The summed E-state index contributed by atoms with van der Waals surface area (Å²) in [5.41, 5.74) is 5.30. The van der Waals surface area contributed by atoms with Crippen molar-refractivity contribution in [3.63, 3.8) is 0 Å². The van der Waals surface area contributed by atoms with Crippen LogP contribution in [0.1, 0.15) is 137 Å². The molecule has 0 saturated carbocycles. The maximum Gasteiger partial charge on any atom is 1.00 e. The third-order valence-corrected chi connectivity index (χ3v) is 5.37. The molecule has 4 heteroatoms. The van der Waals surface area contributed by atoms with Gasteiger partial charge in [0.1, 0.15) is 6.61 Å². The van der Waals surface area contributed by atoms with Crippen molar-refractivity contribution in [2.24, 2.45) is 5.73 Å². The zero-order valence-electron chi connectivity index (χ0n) is 20.5. The number of hydrogen-bond donors (Lipinski definition) is 1. The fourth-order valence-electron chi connectivity index (χ4n) is 3.59. The Morgan fingerprint density at radius 2 is 0.964 bits per heavy atom. The molecule has 0 amide bonds. The van der Waals surface area contributed by atoms with Crippen LogP contribution in [0.25, 0.3) is 0 Å². The first-order valence-electron chi connectivity index (χ1n) is 12.2. The molecule has 0 aromatic carbocycles. The van der Waals surface area contributed by atoms with E-state index in [0.29, 0.717) is 19.6 Å². The van der Waals surface area contributed by atoms with Crippen LogP contribution in [0.3, 0.4) is 0 Å². The summed E-state index contributed by atoms with van der Waals surface area (Å²) in [4.78, 5) is 11.3. The van der Waals surface area contributed by atoms with Gasteiger partial charge in [-0.2, -0.15) is 0 Å². The summed E-state index contributed by atoms with van der Waals surface area (Å²) in [7, 11) is 0. The second-order valence-electron chi connectivity index (χ2n) is 8.12. The second-order valence-corrected chi connectivity index (χ2v) is 8.12. The van der Waals surface area contributed by atoms with E-state index in [0.717, 1.165) is 12.8 Å². The Morgan fingerprint density at radius 3 is 1.29 bits per heavy atom. The zero-order chi connectivity index (χ0) is 19.8. The van der Waals surface area contributed by atoms with E-state index >= 15 is 0 Å². The summed E-state index contributed by atoms with van der Waals surface area (Å²) in [5.74, 6) is -0.0903. The van der Waals surface area contributed by atoms with Gasteiger partial charge in [0.05, 0.1) is 0 Å². The van der Waals surface area contributed by atoms with E-state index in [-0.39, 0.29) is 58.8 Å². The summed E-state index contributed by atoms with van der Waals surface area (Å²) in [5, 5.41) is 0. The molecule has 0 aliphatic carbocycles. The van der Waals surface area contributed by atoms with Gasteiger partial charge in [-0.15, -0.1) is 0 Å². The number of esters is 1. The van der Waals surface area contributed by atoms with Crippen molar-refractivity contribution < 1.29 is 62.3 Å². The molecule has 0 aliphatic rings. The van der Waals surface area contributed by atoms with Crippen LogP contribution in [-0.4, -0.2) is 19.1 Å². The van der Waals surface area contributed by atoms with Crippen LogP contribution in [0.2, 0.25) is 0 Å². The van der Waals surface area contributed by atoms with E-state index in [1.165, 1.54) is 109 Å². The minimum Gasteiger partial charge on any atom is -1.00 e. The molecule has 0 spiro atoms. The summed E-state index contributed by atoms with van der Waals surface area (Å²) >= 11 is 0. The van der Waals surface area contributed by atoms with Gasteiger partial charge in [-0.1, -0.05) is 122 Å². The summed E-state index contributed by atoms with van der Waals surface area (Å²) in [6, 6.07) is 0. The molecular weight excluding hydrogens is 373 g/mol. The second kappa shape index (κ2) is 28.1. The van der Waals surface area contributed by atoms with Crippen LogP contribution in [0.15, 0.2) is 0 Å². The molecule has 0 fully saturated rings. The number of ether oxygens (including phenoxy) is 1. The minimum atomic E-state index is -0.0903. The number of carbonyl (C=O) groups is 1. The molecule has 0 aromatic heterocycles. The van der Waals surface area contributed by atoms with E-state index in [1.807, 2.05) is 0 Å². The van der Waals surface area contributed by atoms with Gasteiger partial charge in [0, 0.05) is 13.0 Å². The van der Waals surface area contributed by atoms with Crippen LogP contribution < -0.4 is 57.1 Å². The van der Waals surface area contributed by atoms with Crippen LogP contribution in [0.4, 0.5) is 0 Å². The fraction of sp³-hybridized carbons (Fsp3) is 0.958. The molecule has 0 heterocycles. The van der Waals surface area contributed by atoms with Crippen molar-refractivity contribution >= 4 is 5.97 Å². The predicted molar refractivity (Wildman–Crippen MR) is 119 cm³/mol. The van der Waals surface area contributed by atoms with Gasteiger partial charge in [0.2, 0.25) is 0 Å². The first-order chi connectivity index (χ1) is 13.3. The maximum absolute atomic E-state index is 11.3. The van der Waals surface area contributed by atoms with Crippen molar-refractivity contribution in [1.82, 2.24) is 0 Å². The smallest absolute Gasteiger partial charge is 1.00 e. The van der Waals surface area contributed by atoms with E-state index in [9.17, 15) is 4.79 Å². The Hall–Kier alpha value is 1.07. The van der Waals surface area contributed by atoms with Crippen molar-refractivity contribution in [2.45, 2.75) is 135 Å². The van der Waals surface area contributed by atoms with Gasteiger partial charge in [-0.3, -0.25) is 4.79 Å². The van der Waals surface area contributed by atoms with Crippen LogP contribution in [-0.2, 0) is 9.53 Å². The zero-order valence-corrected chi connectivity index (χ0v) is 22.6. The quantitative estimate of drug-likeness (QED) is 0.159. The van der Waals surface area contributed by atoms with Crippen LogP contribution in [0.5, 0.6) is 0 Å². The van der Waals surface area contributed by atoms with E-state index in [4.69, 9.17) is 10.5 Å². The summed E-state index contributed by atoms with van der Waals surface area (Å²) in [6.07, 6.45) is 26.6. The summed E-state index contributed by atoms with van der Waals surface area (Å²) < 4.78 is 4.96. The van der Waals surface area contributed by atoms with Gasteiger partial charge in [0.15, 0.2) is 0 Å². The minimum absolute atomic E-state index is 0. The van der Waals surface area contributed by atoms with Crippen molar-refractivity contribution in [3.05, 3.63) is 0 Å². The van der Waals surface area contributed by atoms with E-state index in [1.54, 1.807) is 0 Å². The Labute approximate surface area is 220 Å². The van der Waals surface area contributed by atoms with Gasteiger partial charge in [0.25, 0.3) is 0 Å². The average molecular weight is 424 g/mol. The molecule has 0 atom stereocenters. The molecule has 0 bridgehead atoms. The van der Waals surface area contributed by atoms with Gasteiger partial charge < -0.3 is 11.9 Å². The molecule has 0 saturated heterocycles. The standard InChI is InChI=1S/C24H49NO2.K.H/c1-2-3-4-5-6-7-8-9-10-11-12-13-14-15-16-17-18-19-20-21-24(26)27-23-22-25;;/h2-23,25H2,1H3;;/q;+1;-1. The third-order valence-electron chi connectivity index (χ3n) is 5.37. The first kappa shape index (κ1) is 31.3. The molecule has 0 rings (SSSR count). The monoisotopic (exact) mass is 423 g/mol. The maximum atomic E-state index is 11.3. The molecule has 0 aliphatic heterocycles. The van der Waals surface area contributed by atoms with Gasteiger partial charge >= 0.3 is 57.4 Å². The fourth-order valence-corrected chi connectivity index (χ4v) is 3.59. The number of nitrogens with two attached hydrogens (primary N) is 1. The third kappa shape index (κ3) is 27.1. The van der Waals surface area contributed by atoms with Crippen LogP contribution >= 0.6 is 0 Å². The van der Waals surface area contributed by atoms with E-state index in [2.05, 4.69) is 6.92 Å². The Kier molecular flexibility index (Phi) is 31.3. The molecule has 0 unspecified atom stereocenters. The number of rotatable bonds is 22. The molecular formula is C24H50KNO2. The van der Waals surface area contributed by atoms with Gasteiger partial charge in [-0.05, 0) is 6.42 Å². The first-order valence-corrected chi connectivity index (χ1v) is 12.2. The molecule has 2 N–H and O–H groups in total. The molecule has 0 aromatic rings. The predicted octanol–water partition coefficient (Wildman–Crippen LogP) is 4.43. The van der Waals surface area contributed by atoms with Crippen molar-refractivity contribution in [1.29, 1.82) is 0 Å². The molecule has 28 heavy (non-hydrogen) atoms. The number of hydrogen-bond acceptors (Lipinski definition) is 3. The van der Waals surface area contributed by atoms with Crippen molar-refractivity contribution in [2.75, 3.05) is 13.2 Å². The Balaban J connectivity index is -0.00000338. The average Bonchev–Trinajstić information content (AvgIpc) is 2.68. The molecule has 164 valence electrons. The van der Waals surface area contributed by atoms with Gasteiger partial charge in [-0.25, -0.2) is 0 Å². The summed E-state index contributed by atoms with van der Waals surface area (Å²) in [6.45, 7) is 3.07. The SMILES string of the molecule is CCCCCCCCCCCCCCCCCCCCCC(=O)OCCN.[H-].[K+]. The number of unbranched alkanes of at least 4 members (excludes halogenated alkanes) is 18. The largest absolute Gasteiger partial charge is 1.00 e. The van der Waals surface area contributed by atoms with E-state index < -0.39 is 0 Å².